The molecule has 1 aliphatic rings. The molecule has 0 aromatic heterocycles. The van der Waals surface area contributed by atoms with Crippen molar-refractivity contribution in [2.75, 3.05) is 24.6 Å². The second-order valence-corrected chi connectivity index (χ2v) is 4.47. The summed E-state index contributed by atoms with van der Waals surface area (Å²) in [6.07, 6.45) is 2.11. The van der Waals surface area contributed by atoms with Crippen LogP contribution in [0.2, 0.25) is 5.02 Å². The zero-order chi connectivity index (χ0) is 10.7. The predicted octanol–water partition coefficient (Wildman–Crippen LogP) is 2.55. The third kappa shape index (κ3) is 2.44. The molecule has 0 amide bonds. The summed E-state index contributed by atoms with van der Waals surface area (Å²) in [6, 6.07) is 7.95. The van der Waals surface area contributed by atoms with E-state index in [1.165, 1.54) is 0 Å². The molecule has 82 valence electrons. The highest BCUT2D eigenvalue weighted by atomic mass is 35.5. The van der Waals surface area contributed by atoms with Crippen LogP contribution in [0.25, 0.3) is 0 Å². The first-order chi connectivity index (χ1) is 7.31. The zero-order valence-electron chi connectivity index (χ0n) is 8.69. The molecule has 2 rings (SSSR count). The van der Waals surface area contributed by atoms with Gasteiger partial charge in [-0.1, -0.05) is 23.7 Å². The number of benzene rings is 1. The second-order valence-electron chi connectivity index (χ2n) is 4.06. The average molecular weight is 226 g/mol. The molecule has 0 saturated carbocycles. The maximum Gasteiger partial charge on any atom is 0.0639 e. The summed E-state index contributed by atoms with van der Waals surface area (Å²) in [6.45, 7) is 2.31. The van der Waals surface area contributed by atoms with E-state index in [-0.39, 0.29) is 0 Å². The quantitative estimate of drug-likeness (QED) is 0.836. The molecule has 0 unspecified atom stereocenters. The molecular weight excluding hydrogens is 210 g/mol. The minimum Gasteiger partial charge on any atom is -0.396 e. The molecule has 0 aliphatic carbocycles. The van der Waals surface area contributed by atoms with Gasteiger partial charge in [0.1, 0.15) is 0 Å². The van der Waals surface area contributed by atoms with Crippen LogP contribution in [0.1, 0.15) is 12.8 Å². The van der Waals surface area contributed by atoms with Crippen molar-refractivity contribution in [3.05, 3.63) is 29.3 Å². The van der Waals surface area contributed by atoms with Gasteiger partial charge in [-0.25, -0.2) is 0 Å². The lowest BCUT2D eigenvalue weighted by Crippen LogP contribution is -2.34. The van der Waals surface area contributed by atoms with Crippen LogP contribution in [0.4, 0.5) is 5.69 Å². The molecule has 0 bridgehead atoms. The van der Waals surface area contributed by atoms with E-state index >= 15 is 0 Å². The van der Waals surface area contributed by atoms with E-state index in [4.69, 9.17) is 16.7 Å². The maximum absolute atomic E-state index is 9.06. The van der Waals surface area contributed by atoms with Crippen molar-refractivity contribution in [1.29, 1.82) is 0 Å². The summed E-state index contributed by atoms with van der Waals surface area (Å²) in [5.74, 6) is 0.476. The van der Waals surface area contributed by atoms with Gasteiger partial charge in [-0.15, -0.1) is 0 Å². The molecule has 0 spiro atoms. The van der Waals surface area contributed by atoms with Crippen LogP contribution in [-0.4, -0.2) is 24.8 Å². The maximum atomic E-state index is 9.06. The Morgan fingerprint density at radius 3 is 2.53 bits per heavy atom. The molecule has 1 aliphatic heterocycles. The lowest BCUT2D eigenvalue weighted by atomic mass is 9.97. The van der Waals surface area contributed by atoms with E-state index < -0.39 is 0 Å². The number of aliphatic hydroxyl groups excluding tert-OH is 1. The predicted molar refractivity (Wildman–Crippen MR) is 63.5 cm³/mol. The standard InChI is InChI=1S/C12H16ClNO/c13-11-3-1-2-4-12(11)14-7-5-10(9-15)6-8-14/h1-4,10,15H,5-9H2. The van der Waals surface area contributed by atoms with Crippen molar-refractivity contribution in [3.8, 4) is 0 Å². The largest absolute Gasteiger partial charge is 0.396 e. The van der Waals surface area contributed by atoms with E-state index in [9.17, 15) is 0 Å². The van der Waals surface area contributed by atoms with Gasteiger partial charge >= 0.3 is 0 Å². The molecule has 0 atom stereocenters. The highest BCUT2D eigenvalue weighted by molar-refractivity contribution is 6.33. The van der Waals surface area contributed by atoms with Crippen LogP contribution in [0.5, 0.6) is 0 Å². The number of anilines is 1. The Kier molecular flexibility index (Phi) is 3.49. The number of hydrogen-bond donors (Lipinski definition) is 1. The van der Waals surface area contributed by atoms with E-state index in [1.807, 2.05) is 18.2 Å². The third-order valence-electron chi connectivity index (χ3n) is 3.07. The number of nitrogens with zero attached hydrogens (tertiary/aromatic N) is 1. The van der Waals surface area contributed by atoms with Gasteiger partial charge in [0, 0.05) is 19.7 Å². The van der Waals surface area contributed by atoms with Gasteiger partial charge in [-0.2, -0.15) is 0 Å². The van der Waals surface area contributed by atoms with Gasteiger partial charge in [0.05, 0.1) is 10.7 Å². The van der Waals surface area contributed by atoms with Gasteiger partial charge in [0.25, 0.3) is 0 Å². The molecular formula is C12H16ClNO. The smallest absolute Gasteiger partial charge is 0.0639 e. The molecule has 1 N–H and O–H groups in total. The van der Waals surface area contributed by atoms with Crippen molar-refractivity contribution in [1.82, 2.24) is 0 Å². The van der Waals surface area contributed by atoms with Crippen molar-refractivity contribution >= 4 is 17.3 Å². The summed E-state index contributed by atoms with van der Waals surface area (Å²) in [7, 11) is 0. The Morgan fingerprint density at radius 2 is 1.93 bits per heavy atom. The van der Waals surface area contributed by atoms with Crippen molar-refractivity contribution in [3.63, 3.8) is 0 Å². The van der Waals surface area contributed by atoms with Crippen molar-refractivity contribution in [2.45, 2.75) is 12.8 Å². The molecule has 2 nitrogen and oxygen atoms in total. The normalized spacial score (nSPS) is 18.1. The first kappa shape index (κ1) is 10.8. The second kappa shape index (κ2) is 4.86. The molecule has 1 aromatic rings. The number of hydrogen-bond acceptors (Lipinski definition) is 2. The molecule has 1 heterocycles. The number of halogens is 1. The van der Waals surface area contributed by atoms with Crippen LogP contribution < -0.4 is 4.90 Å². The van der Waals surface area contributed by atoms with E-state index in [0.717, 1.165) is 36.6 Å². The SMILES string of the molecule is OCC1CCN(c2ccccc2Cl)CC1. The van der Waals surface area contributed by atoms with Crippen LogP contribution in [0, 0.1) is 5.92 Å². The van der Waals surface area contributed by atoms with Crippen LogP contribution in [-0.2, 0) is 0 Å². The van der Waals surface area contributed by atoms with Gasteiger partial charge in [0.2, 0.25) is 0 Å². The highest BCUT2D eigenvalue weighted by Gasteiger charge is 2.19. The molecule has 0 radical (unpaired) electrons. The first-order valence-electron chi connectivity index (χ1n) is 5.41. The third-order valence-corrected chi connectivity index (χ3v) is 3.39. The van der Waals surface area contributed by atoms with Gasteiger partial charge < -0.3 is 10.0 Å². The average Bonchev–Trinajstić information content (AvgIpc) is 2.30. The number of rotatable bonds is 2. The summed E-state index contributed by atoms with van der Waals surface area (Å²) in [5, 5.41) is 9.88. The Balaban J connectivity index is 2.04. The fourth-order valence-corrected chi connectivity index (χ4v) is 2.32. The van der Waals surface area contributed by atoms with Crippen LogP contribution in [0.3, 0.4) is 0 Å². The lowest BCUT2D eigenvalue weighted by molar-refractivity contribution is 0.203. The Bertz CT molecular complexity index is 321. The summed E-state index contributed by atoms with van der Waals surface area (Å²) in [5.41, 5.74) is 1.12. The highest BCUT2D eigenvalue weighted by Crippen LogP contribution is 2.28. The molecule has 1 saturated heterocycles. The molecule has 15 heavy (non-hydrogen) atoms. The van der Waals surface area contributed by atoms with Crippen LogP contribution >= 0.6 is 11.6 Å². The van der Waals surface area contributed by atoms with E-state index in [2.05, 4.69) is 11.0 Å². The van der Waals surface area contributed by atoms with Gasteiger partial charge in [0.15, 0.2) is 0 Å². The molecule has 1 fully saturated rings. The minimum atomic E-state index is 0.316. The minimum absolute atomic E-state index is 0.316. The monoisotopic (exact) mass is 225 g/mol. The first-order valence-corrected chi connectivity index (χ1v) is 5.79. The van der Waals surface area contributed by atoms with Crippen molar-refractivity contribution in [2.24, 2.45) is 5.92 Å². The number of aliphatic hydroxyl groups is 1. The van der Waals surface area contributed by atoms with Gasteiger partial charge in [-0.05, 0) is 30.9 Å². The van der Waals surface area contributed by atoms with E-state index in [1.54, 1.807) is 0 Å². The molecule has 3 heteroatoms. The Hall–Kier alpha value is -0.730. The van der Waals surface area contributed by atoms with Gasteiger partial charge in [-0.3, -0.25) is 0 Å². The summed E-state index contributed by atoms with van der Waals surface area (Å²) in [4.78, 5) is 2.30. The van der Waals surface area contributed by atoms with Crippen LogP contribution in [0.15, 0.2) is 24.3 Å². The Morgan fingerprint density at radius 1 is 1.27 bits per heavy atom. The zero-order valence-corrected chi connectivity index (χ0v) is 9.45. The van der Waals surface area contributed by atoms with Crippen molar-refractivity contribution < 1.29 is 5.11 Å². The fourth-order valence-electron chi connectivity index (χ4n) is 2.06. The summed E-state index contributed by atoms with van der Waals surface area (Å²) < 4.78 is 0. The number of piperidine rings is 1. The summed E-state index contributed by atoms with van der Waals surface area (Å²) >= 11 is 6.14. The lowest BCUT2D eigenvalue weighted by Gasteiger charge is -2.33. The topological polar surface area (TPSA) is 23.5 Å². The Labute approximate surface area is 95.5 Å². The van der Waals surface area contributed by atoms with E-state index in [0.29, 0.717) is 12.5 Å². The molecule has 1 aromatic carbocycles. The fraction of sp³-hybridized carbons (Fsp3) is 0.500. The number of para-hydroxylation sites is 1.